The van der Waals surface area contributed by atoms with E-state index in [-0.39, 0.29) is 17.6 Å². The van der Waals surface area contributed by atoms with Gasteiger partial charge in [0.1, 0.15) is 12.4 Å². The van der Waals surface area contributed by atoms with Crippen molar-refractivity contribution in [2.45, 2.75) is 13.8 Å². The van der Waals surface area contributed by atoms with E-state index in [0.717, 1.165) is 0 Å². The summed E-state index contributed by atoms with van der Waals surface area (Å²) in [6.07, 6.45) is 0. The topological polar surface area (TPSA) is 78.8 Å². The molecular weight excluding hydrogens is 246 g/mol. The lowest BCUT2D eigenvalue weighted by Gasteiger charge is -2.21. The molecule has 0 bridgehead atoms. The molecule has 5 nitrogen and oxygen atoms in total. The van der Waals surface area contributed by atoms with Crippen molar-refractivity contribution in [1.82, 2.24) is 5.32 Å². The molecule has 19 heavy (non-hydrogen) atoms. The second-order valence-electron chi connectivity index (χ2n) is 5.18. The number of aliphatic hydroxyl groups excluding tert-OH is 1. The molecule has 0 saturated heterocycles. The lowest BCUT2D eigenvalue weighted by molar-refractivity contribution is 0.0696. The monoisotopic (exact) mass is 267 g/mol. The minimum absolute atomic E-state index is 0.127. The van der Waals surface area contributed by atoms with Crippen LogP contribution in [0.25, 0.3) is 0 Å². The maximum Gasteiger partial charge on any atom is 0.335 e. The van der Waals surface area contributed by atoms with E-state index >= 15 is 0 Å². The Morgan fingerprint density at radius 3 is 2.79 bits per heavy atom. The summed E-state index contributed by atoms with van der Waals surface area (Å²) in [5.74, 6) is -0.420. The molecule has 0 unspecified atom stereocenters. The zero-order valence-corrected chi connectivity index (χ0v) is 11.3. The Morgan fingerprint density at radius 2 is 2.16 bits per heavy atom. The van der Waals surface area contributed by atoms with Crippen molar-refractivity contribution >= 4 is 5.97 Å². The van der Waals surface area contributed by atoms with Crippen molar-refractivity contribution in [2.24, 2.45) is 5.41 Å². The molecule has 0 amide bonds. The van der Waals surface area contributed by atoms with Gasteiger partial charge in [0, 0.05) is 25.1 Å². The minimum Gasteiger partial charge on any atom is -0.492 e. The highest BCUT2D eigenvalue weighted by atomic mass is 16.5. The number of aliphatic hydroxyl groups is 1. The van der Waals surface area contributed by atoms with Crippen molar-refractivity contribution in [3.63, 3.8) is 0 Å². The Hall–Kier alpha value is -1.59. The quantitative estimate of drug-likeness (QED) is 0.620. The summed E-state index contributed by atoms with van der Waals surface area (Å²) in [6, 6.07) is 6.41. The van der Waals surface area contributed by atoms with Crippen molar-refractivity contribution in [1.29, 1.82) is 0 Å². The highest BCUT2D eigenvalue weighted by Gasteiger charge is 2.15. The summed E-state index contributed by atoms with van der Waals surface area (Å²) < 4.78 is 5.46. The van der Waals surface area contributed by atoms with Gasteiger partial charge in [0.25, 0.3) is 0 Å². The fourth-order valence-corrected chi connectivity index (χ4v) is 1.44. The molecule has 0 spiro atoms. The van der Waals surface area contributed by atoms with Crippen LogP contribution in [0, 0.1) is 5.41 Å². The Labute approximate surface area is 113 Å². The van der Waals surface area contributed by atoms with Crippen LogP contribution in [0.5, 0.6) is 5.75 Å². The Kier molecular flexibility index (Phi) is 5.79. The highest BCUT2D eigenvalue weighted by molar-refractivity contribution is 5.87. The number of aromatic carboxylic acids is 1. The molecule has 1 aromatic rings. The molecule has 5 heteroatoms. The molecule has 1 rings (SSSR count). The number of ether oxygens (including phenoxy) is 1. The van der Waals surface area contributed by atoms with Gasteiger partial charge in [0.15, 0.2) is 0 Å². The molecular formula is C14H21NO4. The zero-order valence-electron chi connectivity index (χ0n) is 11.3. The summed E-state index contributed by atoms with van der Waals surface area (Å²) in [7, 11) is 0. The van der Waals surface area contributed by atoms with Gasteiger partial charge in [-0.3, -0.25) is 0 Å². The van der Waals surface area contributed by atoms with E-state index < -0.39 is 5.97 Å². The standard InChI is InChI=1S/C14H21NO4/c1-14(2,10-16)9-15-6-7-19-12-5-3-4-11(8-12)13(17)18/h3-5,8,15-16H,6-7,9-10H2,1-2H3,(H,17,18). The van der Waals surface area contributed by atoms with Gasteiger partial charge in [0.2, 0.25) is 0 Å². The maximum absolute atomic E-state index is 10.8. The Balaban J connectivity index is 2.30. The van der Waals surface area contributed by atoms with Gasteiger partial charge in [-0.05, 0) is 18.2 Å². The van der Waals surface area contributed by atoms with Crippen LogP contribution in [0.3, 0.4) is 0 Å². The third-order valence-electron chi connectivity index (χ3n) is 2.66. The van der Waals surface area contributed by atoms with Crippen LogP contribution in [0.4, 0.5) is 0 Å². The van der Waals surface area contributed by atoms with Crippen molar-refractivity contribution < 1.29 is 19.7 Å². The predicted octanol–water partition coefficient (Wildman–Crippen LogP) is 1.37. The van der Waals surface area contributed by atoms with Crippen LogP contribution in [0.1, 0.15) is 24.2 Å². The van der Waals surface area contributed by atoms with Crippen LogP contribution in [0.2, 0.25) is 0 Å². The largest absolute Gasteiger partial charge is 0.492 e. The maximum atomic E-state index is 10.8. The first kappa shape index (κ1) is 15.5. The van der Waals surface area contributed by atoms with E-state index in [1.807, 2.05) is 13.8 Å². The number of hydrogen-bond acceptors (Lipinski definition) is 4. The number of carbonyl (C=O) groups is 1. The molecule has 0 saturated carbocycles. The summed E-state index contributed by atoms with van der Waals surface area (Å²) in [5.41, 5.74) is 0.0651. The average molecular weight is 267 g/mol. The van der Waals surface area contributed by atoms with Crippen LogP contribution in [0.15, 0.2) is 24.3 Å². The van der Waals surface area contributed by atoms with Crippen molar-refractivity contribution in [3.8, 4) is 5.75 Å². The number of carboxylic acid groups (broad SMARTS) is 1. The summed E-state index contributed by atoms with van der Waals surface area (Å²) in [6.45, 7) is 5.85. The summed E-state index contributed by atoms with van der Waals surface area (Å²) >= 11 is 0. The second kappa shape index (κ2) is 7.11. The third kappa shape index (κ3) is 5.72. The molecule has 0 heterocycles. The Morgan fingerprint density at radius 1 is 1.42 bits per heavy atom. The fraction of sp³-hybridized carbons (Fsp3) is 0.500. The van der Waals surface area contributed by atoms with Gasteiger partial charge in [-0.15, -0.1) is 0 Å². The number of carboxylic acids is 1. The highest BCUT2D eigenvalue weighted by Crippen LogP contribution is 2.13. The molecule has 0 aliphatic heterocycles. The Bertz CT molecular complexity index is 418. The van der Waals surface area contributed by atoms with Gasteiger partial charge in [-0.1, -0.05) is 19.9 Å². The predicted molar refractivity (Wildman–Crippen MR) is 72.6 cm³/mol. The normalized spacial score (nSPS) is 11.3. The number of benzene rings is 1. The first-order valence-corrected chi connectivity index (χ1v) is 6.22. The third-order valence-corrected chi connectivity index (χ3v) is 2.66. The molecule has 0 aliphatic rings. The van der Waals surface area contributed by atoms with Crippen LogP contribution in [-0.2, 0) is 0 Å². The zero-order chi connectivity index (χ0) is 14.3. The lowest BCUT2D eigenvalue weighted by atomic mass is 9.95. The lowest BCUT2D eigenvalue weighted by Crippen LogP contribution is -2.34. The van der Waals surface area contributed by atoms with E-state index in [2.05, 4.69) is 5.32 Å². The van der Waals surface area contributed by atoms with Crippen molar-refractivity contribution in [3.05, 3.63) is 29.8 Å². The number of rotatable bonds is 8. The molecule has 0 fully saturated rings. The first-order chi connectivity index (χ1) is 8.94. The molecule has 3 N–H and O–H groups in total. The van der Waals surface area contributed by atoms with E-state index in [4.69, 9.17) is 14.9 Å². The minimum atomic E-state index is -0.965. The van der Waals surface area contributed by atoms with E-state index in [0.29, 0.717) is 25.4 Å². The van der Waals surface area contributed by atoms with Crippen molar-refractivity contribution in [2.75, 3.05) is 26.3 Å². The van der Waals surface area contributed by atoms with Gasteiger partial charge < -0.3 is 20.3 Å². The smallest absolute Gasteiger partial charge is 0.335 e. The van der Waals surface area contributed by atoms with Gasteiger partial charge in [-0.25, -0.2) is 4.79 Å². The molecule has 0 aromatic heterocycles. The molecule has 0 atom stereocenters. The van der Waals surface area contributed by atoms with Crippen LogP contribution >= 0.6 is 0 Å². The number of nitrogens with one attached hydrogen (secondary N) is 1. The molecule has 106 valence electrons. The molecule has 0 radical (unpaired) electrons. The molecule has 0 aliphatic carbocycles. The van der Waals surface area contributed by atoms with Gasteiger partial charge in [0.05, 0.1) is 5.56 Å². The van der Waals surface area contributed by atoms with E-state index in [9.17, 15) is 4.79 Å². The van der Waals surface area contributed by atoms with Gasteiger partial charge in [-0.2, -0.15) is 0 Å². The molecule has 1 aromatic carbocycles. The SMILES string of the molecule is CC(C)(CO)CNCCOc1cccc(C(=O)O)c1. The fourth-order valence-electron chi connectivity index (χ4n) is 1.44. The number of hydrogen-bond donors (Lipinski definition) is 3. The summed E-state index contributed by atoms with van der Waals surface area (Å²) in [5, 5.41) is 21.1. The first-order valence-electron chi connectivity index (χ1n) is 6.22. The van der Waals surface area contributed by atoms with Gasteiger partial charge >= 0.3 is 5.97 Å². The average Bonchev–Trinajstić information content (AvgIpc) is 2.38. The summed E-state index contributed by atoms with van der Waals surface area (Å²) in [4.78, 5) is 10.8. The van der Waals surface area contributed by atoms with E-state index in [1.54, 1.807) is 12.1 Å². The van der Waals surface area contributed by atoms with Crippen LogP contribution in [-0.4, -0.2) is 42.5 Å². The second-order valence-corrected chi connectivity index (χ2v) is 5.18. The van der Waals surface area contributed by atoms with Crippen LogP contribution < -0.4 is 10.1 Å². The van der Waals surface area contributed by atoms with E-state index in [1.165, 1.54) is 12.1 Å².